The number of amides is 1. The van der Waals surface area contributed by atoms with Crippen LogP contribution in [-0.2, 0) is 4.79 Å². The molecule has 0 rings (SSSR count). The normalized spacial score (nSPS) is 11.6. The molecule has 0 fully saturated rings. The van der Waals surface area contributed by atoms with E-state index in [0.717, 1.165) is 6.08 Å². The Morgan fingerprint density at radius 1 is 1.35 bits per heavy atom. The van der Waals surface area contributed by atoms with Crippen LogP contribution in [0.25, 0.3) is 0 Å². The summed E-state index contributed by atoms with van der Waals surface area (Å²) in [6.07, 6.45) is -3.14. The highest BCUT2D eigenvalue weighted by atomic mass is 19.4. The van der Waals surface area contributed by atoms with Crippen LogP contribution in [0.4, 0.5) is 13.2 Å². The minimum absolute atomic E-state index is 0.154. The molecule has 2 N–H and O–H groups in total. The zero-order chi connectivity index (χ0) is 13.3. The van der Waals surface area contributed by atoms with E-state index in [1.165, 1.54) is 4.90 Å². The maximum atomic E-state index is 12.2. The first-order valence-corrected chi connectivity index (χ1v) is 5.23. The van der Waals surface area contributed by atoms with Crippen LogP contribution in [0.3, 0.4) is 0 Å². The standard InChI is InChI=1S/C10H18F3N3O/c1-3-9(17)15-5-7-16(6-4-14-2)8-10(11,12)13/h3,14H,1,4-8H2,2H3,(H,15,17). The molecule has 0 atom stereocenters. The Labute approximate surface area is 98.9 Å². The van der Waals surface area contributed by atoms with Gasteiger partial charge in [0, 0.05) is 26.2 Å². The molecule has 0 spiro atoms. The third kappa shape index (κ3) is 9.83. The number of rotatable bonds is 8. The van der Waals surface area contributed by atoms with E-state index in [2.05, 4.69) is 17.2 Å². The molecule has 0 unspecified atom stereocenters. The molecule has 0 saturated heterocycles. The summed E-state index contributed by atoms with van der Waals surface area (Å²) in [5.74, 6) is -0.384. The van der Waals surface area contributed by atoms with Gasteiger partial charge in [0.05, 0.1) is 6.54 Å². The van der Waals surface area contributed by atoms with Gasteiger partial charge in [0.1, 0.15) is 0 Å². The van der Waals surface area contributed by atoms with Gasteiger partial charge in [-0.1, -0.05) is 6.58 Å². The van der Waals surface area contributed by atoms with Gasteiger partial charge >= 0.3 is 6.18 Å². The fourth-order valence-electron chi connectivity index (χ4n) is 1.20. The number of nitrogens with one attached hydrogen (secondary N) is 2. The van der Waals surface area contributed by atoms with Gasteiger partial charge in [0.25, 0.3) is 0 Å². The third-order valence-corrected chi connectivity index (χ3v) is 1.99. The lowest BCUT2D eigenvalue weighted by Gasteiger charge is -2.23. The number of likely N-dealkylation sites (N-methyl/N-ethyl adjacent to an activating group) is 1. The molecule has 0 saturated carbocycles. The predicted octanol–water partition coefficient (Wildman–Crippen LogP) is 0.372. The fourth-order valence-corrected chi connectivity index (χ4v) is 1.20. The smallest absolute Gasteiger partial charge is 0.351 e. The van der Waals surface area contributed by atoms with E-state index >= 15 is 0 Å². The number of carbonyl (C=O) groups is 1. The Hall–Kier alpha value is -1.08. The number of nitrogens with zero attached hydrogens (tertiary/aromatic N) is 1. The second-order valence-electron chi connectivity index (χ2n) is 3.49. The first-order chi connectivity index (χ1) is 7.89. The molecule has 100 valence electrons. The van der Waals surface area contributed by atoms with Gasteiger partial charge in [0.2, 0.25) is 5.91 Å². The van der Waals surface area contributed by atoms with E-state index in [9.17, 15) is 18.0 Å². The SMILES string of the molecule is C=CC(=O)NCCN(CCNC)CC(F)(F)F. The summed E-state index contributed by atoms with van der Waals surface area (Å²) >= 11 is 0. The summed E-state index contributed by atoms with van der Waals surface area (Å²) in [5, 5.41) is 5.22. The molecular weight excluding hydrogens is 235 g/mol. The van der Waals surface area contributed by atoms with Gasteiger partial charge in [-0.3, -0.25) is 9.69 Å². The van der Waals surface area contributed by atoms with Crippen LogP contribution in [-0.4, -0.2) is 56.8 Å². The molecule has 0 aliphatic rings. The summed E-state index contributed by atoms with van der Waals surface area (Å²) in [6, 6.07) is 0. The maximum Gasteiger partial charge on any atom is 0.401 e. The van der Waals surface area contributed by atoms with Gasteiger partial charge in [-0.2, -0.15) is 13.2 Å². The molecule has 0 aromatic heterocycles. The number of alkyl halides is 3. The largest absolute Gasteiger partial charge is 0.401 e. The van der Waals surface area contributed by atoms with Crippen molar-refractivity contribution in [3.05, 3.63) is 12.7 Å². The zero-order valence-corrected chi connectivity index (χ0v) is 9.81. The minimum Gasteiger partial charge on any atom is -0.351 e. The van der Waals surface area contributed by atoms with Crippen molar-refractivity contribution < 1.29 is 18.0 Å². The van der Waals surface area contributed by atoms with Crippen LogP contribution in [0.1, 0.15) is 0 Å². The van der Waals surface area contributed by atoms with Gasteiger partial charge in [-0.15, -0.1) is 0 Å². The molecular formula is C10H18F3N3O. The first kappa shape index (κ1) is 15.9. The summed E-state index contributed by atoms with van der Waals surface area (Å²) in [4.78, 5) is 12.0. The van der Waals surface area contributed by atoms with Crippen LogP contribution in [0.15, 0.2) is 12.7 Å². The monoisotopic (exact) mass is 253 g/mol. The zero-order valence-electron chi connectivity index (χ0n) is 9.81. The number of hydrogen-bond acceptors (Lipinski definition) is 3. The van der Waals surface area contributed by atoms with Gasteiger partial charge in [-0.25, -0.2) is 0 Å². The number of halogens is 3. The average Bonchev–Trinajstić information content (AvgIpc) is 2.23. The quantitative estimate of drug-likeness (QED) is 0.614. The van der Waals surface area contributed by atoms with Crippen molar-refractivity contribution in [3.63, 3.8) is 0 Å². The Morgan fingerprint density at radius 3 is 2.41 bits per heavy atom. The van der Waals surface area contributed by atoms with Crippen molar-refractivity contribution >= 4 is 5.91 Å². The van der Waals surface area contributed by atoms with Crippen molar-refractivity contribution in [1.82, 2.24) is 15.5 Å². The lowest BCUT2D eigenvalue weighted by molar-refractivity contribution is -0.145. The second kappa shape index (κ2) is 8.08. The van der Waals surface area contributed by atoms with Crippen molar-refractivity contribution in [2.24, 2.45) is 0 Å². The van der Waals surface area contributed by atoms with E-state index < -0.39 is 12.7 Å². The molecule has 4 nitrogen and oxygen atoms in total. The molecule has 0 bridgehead atoms. The Morgan fingerprint density at radius 2 is 1.94 bits per heavy atom. The van der Waals surface area contributed by atoms with E-state index in [-0.39, 0.29) is 25.5 Å². The highest BCUT2D eigenvalue weighted by Gasteiger charge is 2.30. The van der Waals surface area contributed by atoms with E-state index in [0.29, 0.717) is 6.54 Å². The molecule has 0 aromatic carbocycles. The highest BCUT2D eigenvalue weighted by molar-refractivity contribution is 5.86. The van der Waals surface area contributed by atoms with E-state index in [4.69, 9.17) is 0 Å². The van der Waals surface area contributed by atoms with Crippen molar-refractivity contribution in [1.29, 1.82) is 0 Å². The van der Waals surface area contributed by atoms with Crippen LogP contribution in [0.2, 0.25) is 0 Å². The van der Waals surface area contributed by atoms with Crippen LogP contribution in [0, 0.1) is 0 Å². The van der Waals surface area contributed by atoms with Crippen molar-refractivity contribution in [2.45, 2.75) is 6.18 Å². The first-order valence-electron chi connectivity index (χ1n) is 5.23. The predicted molar refractivity (Wildman–Crippen MR) is 59.6 cm³/mol. The molecule has 0 radical (unpaired) electrons. The Bertz CT molecular complexity index is 243. The molecule has 0 aromatic rings. The number of hydrogen-bond donors (Lipinski definition) is 2. The minimum atomic E-state index is -4.23. The van der Waals surface area contributed by atoms with Crippen molar-refractivity contribution in [2.75, 3.05) is 39.8 Å². The van der Waals surface area contributed by atoms with Crippen LogP contribution < -0.4 is 10.6 Å². The maximum absolute atomic E-state index is 12.2. The topological polar surface area (TPSA) is 44.4 Å². The summed E-state index contributed by atoms with van der Waals surface area (Å²) in [5.41, 5.74) is 0. The Kier molecular flexibility index (Phi) is 7.56. The fraction of sp³-hybridized carbons (Fsp3) is 0.700. The summed E-state index contributed by atoms with van der Waals surface area (Å²) in [6.45, 7) is 3.34. The van der Waals surface area contributed by atoms with Gasteiger partial charge in [0.15, 0.2) is 0 Å². The second-order valence-corrected chi connectivity index (χ2v) is 3.49. The summed E-state index contributed by atoms with van der Waals surface area (Å²) < 4.78 is 36.7. The number of carbonyl (C=O) groups excluding carboxylic acids is 1. The molecule has 0 aliphatic carbocycles. The molecule has 17 heavy (non-hydrogen) atoms. The highest BCUT2D eigenvalue weighted by Crippen LogP contribution is 2.15. The lowest BCUT2D eigenvalue weighted by Crippen LogP contribution is -2.42. The van der Waals surface area contributed by atoms with Crippen LogP contribution >= 0.6 is 0 Å². The molecule has 0 heterocycles. The van der Waals surface area contributed by atoms with E-state index in [1.54, 1.807) is 7.05 Å². The van der Waals surface area contributed by atoms with Gasteiger partial charge in [-0.05, 0) is 13.1 Å². The summed E-state index contributed by atoms with van der Waals surface area (Å²) in [7, 11) is 1.67. The lowest BCUT2D eigenvalue weighted by atomic mass is 10.4. The third-order valence-electron chi connectivity index (χ3n) is 1.99. The molecule has 0 aliphatic heterocycles. The molecule has 7 heteroatoms. The molecule has 1 amide bonds. The van der Waals surface area contributed by atoms with Gasteiger partial charge < -0.3 is 10.6 Å². The van der Waals surface area contributed by atoms with Crippen LogP contribution in [0.5, 0.6) is 0 Å². The van der Waals surface area contributed by atoms with Crippen molar-refractivity contribution in [3.8, 4) is 0 Å². The Balaban J connectivity index is 4.01. The average molecular weight is 253 g/mol. The van der Waals surface area contributed by atoms with E-state index in [1.807, 2.05) is 0 Å².